The van der Waals surface area contributed by atoms with Gasteiger partial charge in [-0.25, -0.2) is 4.79 Å². The molecular weight excluding hydrogens is 216 g/mol. The van der Waals surface area contributed by atoms with E-state index in [1.54, 1.807) is 11.2 Å². The molecule has 0 aliphatic rings. The molecular formula is C13H22N2O2. The Morgan fingerprint density at radius 1 is 1.47 bits per heavy atom. The standard InChI is InChI=1S/C13H22N2O2/c1-4-11(5-2)15(3)13(16)14-9-8-12-7-6-10-17-12/h6-7,10-11H,4-5,8-9H2,1-3H3,(H,14,16). The van der Waals surface area contributed by atoms with E-state index in [0.717, 1.165) is 25.0 Å². The van der Waals surface area contributed by atoms with Crippen LogP contribution in [-0.4, -0.2) is 30.6 Å². The first-order valence-corrected chi connectivity index (χ1v) is 6.22. The van der Waals surface area contributed by atoms with Crippen molar-refractivity contribution in [3.05, 3.63) is 24.2 Å². The molecule has 1 aromatic rings. The predicted molar refractivity (Wildman–Crippen MR) is 67.9 cm³/mol. The highest BCUT2D eigenvalue weighted by Crippen LogP contribution is 2.06. The molecule has 1 aromatic heterocycles. The van der Waals surface area contributed by atoms with Gasteiger partial charge in [0, 0.05) is 26.1 Å². The largest absolute Gasteiger partial charge is 0.469 e. The summed E-state index contributed by atoms with van der Waals surface area (Å²) in [7, 11) is 1.85. The molecule has 4 heteroatoms. The van der Waals surface area contributed by atoms with Crippen molar-refractivity contribution in [1.82, 2.24) is 10.2 Å². The molecule has 96 valence electrons. The second-order valence-electron chi connectivity index (χ2n) is 4.14. The summed E-state index contributed by atoms with van der Waals surface area (Å²) in [5.41, 5.74) is 0. The van der Waals surface area contributed by atoms with E-state index < -0.39 is 0 Å². The van der Waals surface area contributed by atoms with Crippen LogP contribution in [0.4, 0.5) is 4.79 Å². The molecule has 1 N–H and O–H groups in total. The fraction of sp³-hybridized carbons (Fsp3) is 0.615. The quantitative estimate of drug-likeness (QED) is 0.828. The first-order valence-electron chi connectivity index (χ1n) is 6.22. The molecule has 0 radical (unpaired) electrons. The maximum atomic E-state index is 11.8. The average molecular weight is 238 g/mol. The number of furan rings is 1. The summed E-state index contributed by atoms with van der Waals surface area (Å²) >= 11 is 0. The summed E-state index contributed by atoms with van der Waals surface area (Å²) in [4.78, 5) is 13.6. The van der Waals surface area contributed by atoms with E-state index in [1.807, 2.05) is 19.2 Å². The van der Waals surface area contributed by atoms with Crippen molar-refractivity contribution in [2.24, 2.45) is 0 Å². The molecule has 0 saturated carbocycles. The Morgan fingerprint density at radius 2 is 2.18 bits per heavy atom. The zero-order valence-corrected chi connectivity index (χ0v) is 10.9. The fourth-order valence-electron chi connectivity index (χ4n) is 1.87. The zero-order valence-electron chi connectivity index (χ0n) is 10.9. The van der Waals surface area contributed by atoms with Crippen LogP contribution in [0.25, 0.3) is 0 Å². The summed E-state index contributed by atoms with van der Waals surface area (Å²) in [6, 6.07) is 4.08. The fourth-order valence-corrected chi connectivity index (χ4v) is 1.87. The first kappa shape index (κ1) is 13.6. The topological polar surface area (TPSA) is 45.5 Å². The molecule has 0 aromatic carbocycles. The van der Waals surface area contributed by atoms with Gasteiger partial charge in [-0.05, 0) is 25.0 Å². The summed E-state index contributed by atoms with van der Waals surface area (Å²) in [6.45, 7) is 4.80. The smallest absolute Gasteiger partial charge is 0.317 e. The van der Waals surface area contributed by atoms with E-state index in [9.17, 15) is 4.79 Å². The van der Waals surface area contributed by atoms with Gasteiger partial charge in [0.2, 0.25) is 0 Å². The molecule has 0 atom stereocenters. The van der Waals surface area contributed by atoms with Crippen molar-refractivity contribution >= 4 is 6.03 Å². The van der Waals surface area contributed by atoms with E-state index in [4.69, 9.17) is 4.42 Å². The molecule has 0 spiro atoms. The number of nitrogens with zero attached hydrogens (tertiary/aromatic N) is 1. The second-order valence-corrected chi connectivity index (χ2v) is 4.14. The Balaban J connectivity index is 2.29. The van der Waals surface area contributed by atoms with Gasteiger partial charge in [0.25, 0.3) is 0 Å². The van der Waals surface area contributed by atoms with Gasteiger partial charge in [-0.1, -0.05) is 13.8 Å². The lowest BCUT2D eigenvalue weighted by Crippen LogP contribution is -2.43. The summed E-state index contributed by atoms with van der Waals surface area (Å²) in [6.07, 6.45) is 4.35. The monoisotopic (exact) mass is 238 g/mol. The minimum Gasteiger partial charge on any atom is -0.469 e. The van der Waals surface area contributed by atoms with Crippen LogP contribution in [0.5, 0.6) is 0 Å². The molecule has 1 rings (SSSR count). The number of nitrogens with one attached hydrogen (secondary N) is 1. The van der Waals surface area contributed by atoms with E-state index >= 15 is 0 Å². The molecule has 0 saturated heterocycles. The molecule has 0 aliphatic heterocycles. The van der Waals surface area contributed by atoms with Crippen LogP contribution in [0.3, 0.4) is 0 Å². The van der Waals surface area contributed by atoms with Gasteiger partial charge in [0.1, 0.15) is 5.76 Å². The minimum atomic E-state index is -0.00902. The third-order valence-corrected chi connectivity index (χ3v) is 3.04. The molecule has 0 unspecified atom stereocenters. The predicted octanol–water partition coefficient (Wildman–Crippen LogP) is 2.65. The van der Waals surface area contributed by atoms with Gasteiger partial charge in [0.05, 0.1) is 6.26 Å². The van der Waals surface area contributed by atoms with Crippen LogP contribution in [-0.2, 0) is 6.42 Å². The Morgan fingerprint density at radius 3 is 2.71 bits per heavy atom. The number of carbonyl (C=O) groups excluding carboxylic acids is 1. The SMILES string of the molecule is CCC(CC)N(C)C(=O)NCCc1ccco1. The van der Waals surface area contributed by atoms with E-state index in [1.165, 1.54) is 0 Å². The Kier molecular flexibility index (Phi) is 5.60. The summed E-state index contributed by atoms with van der Waals surface area (Å²) < 4.78 is 5.20. The Hall–Kier alpha value is -1.45. The summed E-state index contributed by atoms with van der Waals surface area (Å²) in [5.74, 6) is 0.899. The van der Waals surface area contributed by atoms with Gasteiger partial charge in [-0.2, -0.15) is 0 Å². The lowest BCUT2D eigenvalue weighted by Gasteiger charge is -2.26. The molecule has 4 nitrogen and oxygen atoms in total. The van der Waals surface area contributed by atoms with Crippen molar-refractivity contribution in [2.45, 2.75) is 39.2 Å². The van der Waals surface area contributed by atoms with E-state index in [2.05, 4.69) is 19.2 Å². The third kappa shape index (κ3) is 4.13. The third-order valence-electron chi connectivity index (χ3n) is 3.04. The molecule has 0 fully saturated rings. The van der Waals surface area contributed by atoms with Gasteiger partial charge in [0.15, 0.2) is 0 Å². The van der Waals surface area contributed by atoms with Gasteiger partial charge >= 0.3 is 6.03 Å². The Bertz CT molecular complexity index is 318. The number of carbonyl (C=O) groups is 1. The maximum Gasteiger partial charge on any atom is 0.317 e. The number of rotatable bonds is 6. The highest BCUT2D eigenvalue weighted by Gasteiger charge is 2.15. The zero-order chi connectivity index (χ0) is 12.7. The second kappa shape index (κ2) is 6.99. The lowest BCUT2D eigenvalue weighted by molar-refractivity contribution is 0.186. The van der Waals surface area contributed by atoms with Crippen LogP contribution in [0.2, 0.25) is 0 Å². The molecule has 0 bridgehead atoms. The van der Waals surface area contributed by atoms with Crippen molar-refractivity contribution < 1.29 is 9.21 Å². The van der Waals surface area contributed by atoms with Crippen LogP contribution in [0.1, 0.15) is 32.4 Å². The van der Waals surface area contributed by atoms with Gasteiger partial charge in [-0.15, -0.1) is 0 Å². The average Bonchev–Trinajstić information content (AvgIpc) is 2.83. The van der Waals surface area contributed by atoms with Crippen molar-refractivity contribution in [3.8, 4) is 0 Å². The van der Waals surface area contributed by atoms with Crippen molar-refractivity contribution in [1.29, 1.82) is 0 Å². The normalized spacial score (nSPS) is 10.6. The summed E-state index contributed by atoms with van der Waals surface area (Å²) in [5, 5.41) is 2.90. The first-order chi connectivity index (χ1) is 8.19. The van der Waals surface area contributed by atoms with Crippen LogP contribution < -0.4 is 5.32 Å². The van der Waals surface area contributed by atoms with Crippen molar-refractivity contribution in [2.75, 3.05) is 13.6 Å². The minimum absolute atomic E-state index is 0.00902. The number of hydrogen-bond donors (Lipinski definition) is 1. The van der Waals surface area contributed by atoms with Crippen LogP contribution in [0.15, 0.2) is 22.8 Å². The molecule has 2 amide bonds. The van der Waals surface area contributed by atoms with Crippen LogP contribution in [0, 0.1) is 0 Å². The lowest BCUT2D eigenvalue weighted by atomic mass is 10.1. The molecule has 0 aliphatic carbocycles. The number of amides is 2. The van der Waals surface area contributed by atoms with Gasteiger partial charge < -0.3 is 14.6 Å². The highest BCUT2D eigenvalue weighted by atomic mass is 16.3. The number of hydrogen-bond acceptors (Lipinski definition) is 2. The van der Waals surface area contributed by atoms with Gasteiger partial charge in [-0.3, -0.25) is 0 Å². The molecule has 17 heavy (non-hydrogen) atoms. The van der Waals surface area contributed by atoms with E-state index in [0.29, 0.717) is 12.6 Å². The van der Waals surface area contributed by atoms with E-state index in [-0.39, 0.29) is 6.03 Å². The Labute approximate surface area is 103 Å². The number of urea groups is 1. The highest BCUT2D eigenvalue weighted by molar-refractivity contribution is 5.74. The van der Waals surface area contributed by atoms with Crippen molar-refractivity contribution in [3.63, 3.8) is 0 Å². The molecule has 1 heterocycles. The van der Waals surface area contributed by atoms with Crippen LogP contribution >= 0.6 is 0 Å². The maximum absolute atomic E-state index is 11.8.